The number of amides is 1. The number of methoxy groups -OCH3 is 1. The lowest BCUT2D eigenvalue weighted by Crippen LogP contribution is -2.29. The van der Waals surface area contributed by atoms with Gasteiger partial charge in [-0.15, -0.1) is 0 Å². The van der Waals surface area contributed by atoms with Crippen molar-refractivity contribution in [3.8, 4) is 5.75 Å². The van der Waals surface area contributed by atoms with Crippen LogP contribution in [0.1, 0.15) is 17.2 Å². The number of ketones is 1. The Hall–Kier alpha value is -3.35. The van der Waals surface area contributed by atoms with E-state index in [9.17, 15) is 19.1 Å². The number of hydrogen-bond donors (Lipinski definition) is 1. The molecule has 162 valence electrons. The van der Waals surface area contributed by atoms with E-state index in [-0.39, 0.29) is 26.9 Å². The summed E-state index contributed by atoms with van der Waals surface area (Å²) in [6, 6.07) is 15.4. The Bertz CT molecular complexity index is 1270. The standard InChI is InChI=1S/C24H16Cl2FNO4/c1-32-19-8-3-2-7-16(19)21-20(22(29)13-9-10-17(25)18(26)11-13)23(30)24(31)28(21)15-6-4-5-14(27)12-15/h2-12,21,29H,1H3/b22-20+. The Morgan fingerprint density at radius 1 is 1.00 bits per heavy atom. The summed E-state index contributed by atoms with van der Waals surface area (Å²) >= 11 is 12.1. The summed E-state index contributed by atoms with van der Waals surface area (Å²) in [7, 11) is 1.45. The van der Waals surface area contributed by atoms with Gasteiger partial charge in [0.05, 0.1) is 28.8 Å². The number of Topliss-reactive ketones (excluding diaryl/α,β-unsaturated/α-hetero) is 1. The molecule has 1 amide bonds. The molecule has 0 bridgehead atoms. The SMILES string of the molecule is COc1ccccc1C1/C(=C(\O)c2ccc(Cl)c(Cl)c2)C(=O)C(=O)N1c1cccc(F)c1. The van der Waals surface area contributed by atoms with Crippen molar-refractivity contribution in [2.45, 2.75) is 6.04 Å². The average molecular weight is 472 g/mol. The molecule has 3 aromatic carbocycles. The van der Waals surface area contributed by atoms with Crippen LogP contribution in [0.15, 0.2) is 72.3 Å². The fourth-order valence-corrected chi connectivity index (χ4v) is 4.01. The van der Waals surface area contributed by atoms with Crippen molar-refractivity contribution in [2.75, 3.05) is 12.0 Å². The largest absolute Gasteiger partial charge is 0.507 e. The number of halogens is 3. The van der Waals surface area contributed by atoms with E-state index in [2.05, 4.69) is 0 Å². The van der Waals surface area contributed by atoms with Crippen LogP contribution in [0.3, 0.4) is 0 Å². The van der Waals surface area contributed by atoms with Crippen LogP contribution in [0, 0.1) is 5.82 Å². The Labute approximate surface area is 193 Å². The minimum Gasteiger partial charge on any atom is -0.507 e. The van der Waals surface area contributed by atoms with Crippen molar-refractivity contribution in [2.24, 2.45) is 0 Å². The molecule has 1 unspecified atom stereocenters. The number of carbonyl (C=O) groups is 2. The number of para-hydroxylation sites is 1. The highest BCUT2D eigenvalue weighted by molar-refractivity contribution is 6.52. The van der Waals surface area contributed by atoms with Crippen LogP contribution in [0.4, 0.5) is 10.1 Å². The molecule has 1 aliphatic heterocycles. The summed E-state index contributed by atoms with van der Waals surface area (Å²) in [5.74, 6) is -2.45. The molecule has 1 fully saturated rings. The summed E-state index contributed by atoms with van der Waals surface area (Å²) in [5, 5.41) is 11.5. The first-order chi connectivity index (χ1) is 15.3. The smallest absolute Gasteiger partial charge is 0.300 e. The number of hydrogen-bond acceptors (Lipinski definition) is 4. The molecule has 5 nitrogen and oxygen atoms in total. The molecule has 0 spiro atoms. The zero-order valence-electron chi connectivity index (χ0n) is 16.7. The van der Waals surface area contributed by atoms with E-state index >= 15 is 0 Å². The van der Waals surface area contributed by atoms with Crippen molar-refractivity contribution < 1.29 is 23.8 Å². The number of aliphatic hydroxyl groups excluding tert-OH is 1. The normalized spacial score (nSPS) is 17.6. The molecular formula is C24H16Cl2FNO4. The number of nitrogens with zero attached hydrogens (tertiary/aromatic N) is 1. The van der Waals surface area contributed by atoms with Crippen molar-refractivity contribution in [1.29, 1.82) is 0 Å². The minimum absolute atomic E-state index is 0.163. The van der Waals surface area contributed by atoms with Gasteiger partial charge in [0.1, 0.15) is 17.3 Å². The van der Waals surface area contributed by atoms with Gasteiger partial charge >= 0.3 is 0 Å². The predicted octanol–water partition coefficient (Wildman–Crippen LogP) is 5.77. The molecule has 32 heavy (non-hydrogen) atoms. The molecule has 8 heteroatoms. The number of rotatable bonds is 4. The van der Waals surface area contributed by atoms with Crippen molar-refractivity contribution in [3.63, 3.8) is 0 Å². The van der Waals surface area contributed by atoms with Gasteiger partial charge in [0.2, 0.25) is 0 Å². The summed E-state index contributed by atoms with van der Waals surface area (Å²) in [6.45, 7) is 0. The van der Waals surface area contributed by atoms with Crippen LogP contribution in [-0.2, 0) is 9.59 Å². The summed E-state index contributed by atoms with van der Waals surface area (Å²) in [6.07, 6.45) is 0. The molecule has 0 aromatic heterocycles. The van der Waals surface area contributed by atoms with Gasteiger partial charge in [0.15, 0.2) is 0 Å². The maximum Gasteiger partial charge on any atom is 0.300 e. The number of ether oxygens (including phenoxy) is 1. The molecule has 1 aliphatic rings. The lowest BCUT2D eigenvalue weighted by atomic mass is 9.94. The average Bonchev–Trinajstić information content (AvgIpc) is 3.05. The Kier molecular flexibility index (Phi) is 5.91. The van der Waals surface area contributed by atoms with Gasteiger partial charge in [-0.05, 0) is 42.5 Å². The first-order valence-electron chi connectivity index (χ1n) is 9.48. The Morgan fingerprint density at radius 2 is 1.75 bits per heavy atom. The maximum atomic E-state index is 14.0. The number of anilines is 1. The number of carbonyl (C=O) groups excluding carboxylic acids is 2. The van der Waals surface area contributed by atoms with Crippen molar-refractivity contribution in [1.82, 2.24) is 0 Å². The van der Waals surface area contributed by atoms with Crippen LogP contribution in [-0.4, -0.2) is 23.9 Å². The second-order valence-corrected chi connectivity index (χ2v) is 7.83. The number of aliphatic hydroxyl groups is 1. The molecule has 0 radical (unpaired) electrons. The second kappa shape index (κ2) is 8.65. The third kappa shape index (κ3) is 3.72. The molecular weight excluding hydrogens is 456 g/mol. The fraction of sp³-hybridized carbons (Fsp3) is 0.0833. The Morgan fingerprint density at radius 3 is 2.44 bits per heavy atom. The van der Waals surface area contributed by atoms with Gasteiger partial charge < -0.3 is 9.84 Å². The highest BCUT2D eigenvalue weighted by atomic mass is 35.5. The van der Waals surface area contributed by atoms with E-state index in [1.807, 2.05) is 0 Å². The minimum atomic E-state index is -1.07. The maximum absolute atomic E-state index is 14.0. The summed E-state index contributed by atoms with van der Waals surface area (Å²) in [4.78, 5) is 27.4. The highest BCUT2D eigenvalue weighted by Crippen LogP contribution is 2.45. The van der Waals surface area contributed by atoms with E-state index in [1.54, 1.807) is 24.3 Å². The fourth-order valence-electron chi connectivity index (χ4n) is 3.71. The van der Waals surface area contributed by atoms with Crippen LogP contribution < -0.4 is 9.64 Å². The molecule has 1 atom stereocenters. The lowest BCUT2D eigenvalue weighted by Gasteiger charge is -2.26. The van der Waals surface area contributed by atoms with Gasteiger partial charge in [0.25, 0.3) is 11.7 Å². The third-order valence-corrected chi connectivity index (χ3v) is 5.90. The predicted molar refractivity (Wildman–Crippen MR) is 121 cm³/mol. The van der Waals surface area contributed by atoms with Crippen molar-refractivity contribution in [3.05, 3.63) is 99.3 Å². The summed E-state index contributed by atoms with van der Waals surface area (Å²) < 4.78 is 19.4. The van der Waals surface area contributed by atoms with Crippen LogP contribution in [0.2, 0.25) is 10.0 Å². The van der Waals surface area contributed by atoms with E-state index in [4.69, 9.17) is 27.9 Å². The topological polar surface area (TPSA) is 66.8 Å². The van der Waals surface area contributed by atoms with Crippen molar-refractivity contribution >= 4 is 46.3 Å². The van der Waals surface area contributed by atoms with Gasteiger partial charge in [-0.2, -0.15) is 0 Å². The molecule has 1 saturated heterocycles. The number of benzene rings is 3. The molecule has 0 aliphatic carbocycles. The van der Waals surface area contributed by atoms with Crippen LogP contribution in [0.5, 0.6) is 5.75 Å². The van der Waals surface area contributed by atoms with E-state index in [0.29, 0.717) is 11.3 Å². The van der Waals surface area contributed by atoms with Gasteiger partial charge in [0, 0.05) is 16.8 Å². The monoisotopic (exact) mass is 471 g/mol. The van der Waals surface area contributed by atoms with E-state index in [0.717, 1.165) is 11.0 Å². The molecule has 3 aromatic rings. The zero-order chi connectivity index (χ0) is 23.0. The lowest BCUT2D eigenvalue weighted by molar-refractivity contribution is -0.132. The summed E-state index contributed by atoms with van der Waals surface area (Å²) in [5.41, 5.74) is 0.634. The second-order valence-electron chi connectivity index (χ2n) is 7.02. The molecule has 1 N–H and O–H groups in total. The molecule has 1 heterocycles. The van der Waals surface area contributed by atoms with E-state index < -0.39 is 29.3 Å². The first kappa shape index (κ1) is 21.9. The van der Waals surface area contributed by atoms with E-state index in [1.165, 1.54) is 43.5 Å². The molecule has 0 saturated carbocycles. The van der Waals surface area contributed by atoms with Gasteiger partial charge in [-0.25, -0.2) is 4.39 Å². The van der Waals surface area contributed by atoms with Gasteiger partial charge in [-0.1, -0.05) is 47.5 Å². The first-order valence-corrected chi connectivity index (χ1v) is 10.2. The molecule has 4 rings (SSSR count). The zero-order valence-corrected chi connectivity index (χ0v) is 18.2. The van der Waals surface area contributed by atoms with Gasteiger partial charge in [-0.3, -0.25) is 14.5 Å². The third-order valence-electron chi connectivity index (χ3n) is 5.16. The quantitative estimate of drug-likeness (QED) is 0.298. The van der Waals surface area contributed by atoms with Crippen LogP contribution in [0.25, 0.3) is 5.76 Å². The Balaban J connectivity index is 2.00. The van der Waals surface area contributed by atoms with Crippen LogP contribution >= 0.6 is 23.2 Å². The highest BCUT2D eigenvalue weighted by Gasteiger charge is 2.48.